The van der Waals surface area contributed by atoms with E-state index in [1.807, 2.05) is 0 Å². The summed E-state index contributed by atoms with van der Waals surface area (Å²) in [4.78, 5) is 16.1. The molecule has 0 radical (unpaired) electrons. The van der Waals surface area contributed by atoms with E-state index in [0.29, 0.717) is 11.1 Å². The molecule has 1 heterocycles. The van der Waals surface area contributed by atoms with Crippen LogP contribution in [0, 0.1) is 0 Å². The molecule has 1 amide bonds. The molecule has 0 aliphatic rings. The predicted molar refractivity (Wildman–Crippen MR) is 97.5 cm³/mol. The molecule has 5 nitrogen and oxygen atoms in total. The lowest BCUT2D eigenvalue weighted by Crippen LogP contribution is -2.43. The Morgan fingerprint density at radius 2 is 1.68 bits per heavy atom. The van der Waals surface area contributed by atoms with Crippen LogP contribution in [0.5, 0.6) is 0 Å². The van der Waals surface area contributed by atoms with Crippen molar-refractivity contribution in [1.82, 2.24) is 10.3 Å². The lowest BCUT2D eigenvalue weighted by molar-refractivity contribution is -0.137. The lowest BCUT2D eigenvalue weighted by Gasteiger charge is -2.27. The second-order valence-electron chi connectivity index (χ2n) is 7.44. The molecule has 8 heteroatoms. The van der Waals surface area contributed by atoms with Gasteiger partial charge in [0.25, 0.3) is 0 Å². The largest absolute Gasteiger partial charge is 0.443 e. The van der Waals surface area contributed by atoms with Gasteiger partial charge in [0.1, 0.15) is 12.2 Å². The fourth-order valence-corrected chi connectivity index (χ4v) is 2.53. The number of halogens is 3. The van der Waals surface area contributed by atoms with Crippen molar-refractivity contribution in [2.24, 2.45) is 0 Å². The van der Waals surface area contributed by atoms with Gasteiger partial charge in [-0.1, -0.05) is 12.1 Å². The van der Waals surface area contributed by atoms with Gasteiger partial charge in [-0.05, 0) is 56.2 Å². The highest BCUT2D eigenvalue weighted by atomic mass is 19.4. The molecular formula is C20H23F3N2O3. The summed E-state index contributed by atoms with van der Waals surface area (Å²) in [5.74, 6) is 0. The molecule has 0 bridgehead atoms. The summed E-state index contributed by atoms with van der Waals surface area (Å²) < 4.78 is 43.6. The number of pyridine rings is 1. The monoisotopic (exact) mass is 396 g/mol. The molecule has 0 fully saturated rings. The van der Waals surface area contributed by atoms with Crippen LogP contribution in [0.4, 0.5) is 18.0 Å². The Hall–Kier alpha value is -2.61. The van der Waals surface area contributed by atoms with Crippen molar-refractivity contribution in [2.45, 2.75) is 51.1 Å². The number of rotatable bonds is 5. The SMILES string of the molecule is CC(C)(C)NC(=O)O[C@H](Cc1ccc(C(F)(F)F)cc1)[C@H](O)c1ccncc1. The van der Waals surface area contributed by atoms with Crippen molar-refractivity contribution in [3.63, 3.8) is 0 Å². The van der Waals surface area contributed by atoms with Crippen LogP contribution >= 0.6 is 0 Å². The van der Waals surface area contributed by atoms with Crippen LogP contribution in [0.25, 0.3) is 0 Å². The van der Waals surface area contributed by atoms with Gasteiger partial charge < -0.3 is 15.2 Å². The molecule has 0 saturated carbocycles. The van der Waals surface area contributed by atoms with E-state index in [0.717, 1.165) is 12.1 Å². The van der Waals surface area contributed by atoms with Crippen molar-refractivity contribution >= 4 is 6.09 Å². The first kappa shape index (κ1) is 21.7. The van der Waals surface area contributed by atoms with Gasteiger partial charge in [0, 0.05) is 24.4 Å². The average Bonchev–Trinajstić information content (AvgIpc) is 2.59. The molecule has 0 aliphatic heterocycles. The quantitative estimate of drug-likeness (QED) is 0.792. The summed E-state index contributed by atoms with van der Waals surface area (Å²) in [5.41, 5.74) is -0.337. The van der Waals surface area contributed by atoms with Crippen LogP contribution in [0.3, 0.4) is 0 Å². The van der Waals surface area contributed by atoms with Gasteiger partial charge in [-0.15, -0.1) is 0 Å². The lowest BCUT2D eigenvalue weighted by atomic mass is 9.98. The zero-order chi connectivity index (χ0) is 20.9. The van der Waals surface area contributed by atoms with Crippen molar-refractivity contribution in [3.05, 3.63) is 65.5 Å². The molecule has 2 N–H and O–H groups in total. The molecule has 1 aromatic carbocycles. The van der Waals surface area contributed by atoms with Crippen LogP contribution < -0.4 is 5.32 Å². The highest BCUT2D eigenvalue weighted by Crippen LogP contribution is 2.30. The van der Waals surface area contributed by atoms with E-state index >= 15 is 0 Å². The number of nitrogens with one attached hydrogen (secondary N) is 1. The molecule has 0 saturated heterocycles. The number of amides is 1. The molecule has 0 aliphatic carbocycles. The van der Waals surface area contributed by atoms with E-state index in [4.69, 9.17) is 4.74 Å². The summed E-state index contributed by atoms with van der Waals surface area (Å²) in [5, 5.41) is 13.3. The smallest absolute Gasteiger partial charge is 0.416 e. The second-order valence-corrected chi connectivity index (χ2v) is 7.44. The van der Waals surface area contributed by atoms with Gasteiger partial charge in [-0.3, -0.25) is 4.98 Å². The number of carbonyl (C=O) groups excluding carboxylic acids is 1. The zero-order valence-electron chi connectivity index (χ0n) is 15.8. The predicted octanol–water partition coefficient (Wildman–Crippen LogP) is 4.27. The third kappa shape index (κ3) is 6.53. The Morgan fingerprint density at radius 3 is 2.18 bits per heavy atom. The molecule has 1 aromatic heterocycles. The van der Waals surface area contributed by atoms with E-state index in [9.17, 15) is 23.1 Å². The molecule has 0 spiro atoms. The van der Waals surface area contributed by atoms with Gasteiger partial charge in [0.2, 0.25) is 0 Å². The Balaban J connectivity index is 2.21. The van der Waals surface area contributed by atoms with Crippen LogP contribution in [0.15, 0.2) is 48.8 Å². The first-order valence-electron chi connectivity index (χ1n) is 8.68. The summed E-state index contributed by atoms with van der Waals surface area (Å²) in [7, 11) is 0. The van der Waals surface area contributed by atoms with Crippen molar-refractivity contribution < 1.29 is 27.8 Å². The normalized spacial score (nSPS) is 14.2. The van der Waals surface area contributed by atoms with Crippen molar-refractivity contribution in [1.29, 1.82) is 0 Å². The Labute approximate surface area is 161 Å². The van der Waals surface area contributed by atoms with Crippen LogP contribution in [-0.4, -0.2) is 27.8 Å². The van der Waals surface area contributed by atoms with Crippen molar-refractivity contribution in [2.75, 3.05) is 0 Å². The van der Waals surface area contributed by atoms with E-state index in [-0.39, 0.29) is 6.42 Å². The van der Waals surface area contributed by atoms with Crippen molar-refractivity contribution in [3.8, 4) is 0 Å². The Morgan fingerprint density at radius 1 is 1.11 bits per heavy atom. The van der Waals surface area contributed by atoms with Gasteiger partial charge >= 0.3 is 12.3 Å². The number of alkyl carbamates (subject to hydrolysis) is 1. The minimum atomic E-state index is -4.43. The Kier molecular flexibility index (Phi) is 6.66. The average molecular weight is 396 g/mol. The van der Waals surface area contributed by atoms with Gasteiger partial charge in [0.05, 0.1) is 5.56 Å². The van der Waals surface area contributed by atoms with Crippen LogP contribution in [0.1, 0.15) is 43.6 Å². The zero-order valence-corrected chi connectivity index (χ0v) is 15.8. The summed E-state index contributed by atoms with van der Waals surface area (Å²) >= 11 is 0. The minimum Gasteiger partial charge on any atom is -0.443 e. The van der Waals surface area contributed by atoms with Gasteiger partial charge in [0.15, 0.2) is 0 Å². The minimum absolute atomic E-state index is 0.0409. The number of aliphatic hydroxyl groups is 1. The molecule has 0 unspecified atom stereocenters. The maximum Gasteiger partial charge on any atom is 0.416 e. The standard InChI is InChI=1S/C20H23F3N2O3/c1-19(2,3)25-18(27)28-16(17(26)14-8-10-24-11-9-14)12-13-4-6-15(7-5-13)20(21,22)23/h4-11,16-17,26H,12H2,1-3H3,(H,25,27)/t16-,17-/m1/s1. The number of carbonyl (C=O) groups is 1. The second kappa shape index (κ2) is 8.60. The van der Waals surface area contributed by atoms with Gasteiger partial charge in [-0.25, -0.2) is 4.79 Å². The summed E-state index contributed by atoms with van der Waals surface area (Å²) in [6.07, 6.45) is -4.31. The first-order chi connectivity index (χ1) is 13.0. The highest BCUT2D eigenvalue weighted by molar-refractivity contribution is 5.68. The number of benzene rings is 1. The summed E-state index contributed by atoms with van der Waals surface area (Å²) in [6, 6.07) is 7.69. The number of alkyl halides is 3. The molecule has 152 valence electrons. The maximum atomic E-state index is 12.7. The number of aliphatic hydroxyl groups excluding tert-OH is 1. The third-order valence-electron chi connectivity index (χ3n) is 3.85. The number of nitrogens with zero attached hydrogens (tertiary/aromatic N) is 1. The van der Waals surface area contributed by atoms with Gasteiger partial charge in [-0.2, -0.15) is 13.2 Å². The van der Waals surface area contributed by atoms with E-state index in [2.05, 4.69) is 10.3 Å². The number of aromatic nitrogens is 1. The summed E-state index contributed by atoms with van der Waals surface area (Å²) in [6.45, 7) is 5.33. The van der Waals surface area contributed by atoms with E-state index in [1.54, 1.807) is 32.9 Å². The molecular weight excluding hydrogens is 373 g/mol. The highest BCUT2D eigenvalue weighted by Gasteiger charge is 2.31. The number of ether oxygens (including phenoxy) is 1. The topological polar surface area (TPSA) is 71.5 Å². The first-order valence-corrected chi connectivity index (χ1v) is 8.68. The van der Waals surface area contributed by atoms with E-state index < -0.39 is 35.6 Å². The van der Waals surface area contributed by atoms with E-state index in [1.165, 1.54) is 24.5 Å². The molecule has 2 atom stereocenters. The maximum absolute atomic E-state index is 12.7. The van der Waals surface area contributed by atoms with Crippen LogP contribution in [0.2, 0.25) is 0 Å². The molecule has 2 rings (SSSR count). The van der Waals surface area contributed by atoms with Crippen LogP contribution in [-0.2, 0) is 17.3 Å². The fraction of sp³-hybridized carbons (Fsp3) is 0.400. The fourth-order valence-electron chi connectivity index (χ4n) is 2.53. The number of hydrogen-bond acceptors (Lipinski definition) is 4. The molecule has 2 aromatic rings. The molecule has 28 heavy (non-hydrogen) atoms. The Bertz CT molecular complexity index is 772. The number of hydrogen-bond donors (Lipinski definition) is 2. The third-order valence-corrected chi connectivity index (χ3v) is 3.85.